The summed E-state index contributed by atoms with van der Waals surface area (Å²) < 4.78 is 0. The van der Waals surface area contributed by atoms with E-state index in [1.54, 1.807) is 0 Å². The number of aromatic hydroxyl groups is 1. The Hall–Kier alpha value is -1.71. The van der Waals surface area contributed by atoms with Crippen LogP contribution < -0.4 is 0 Å². The lowest BCUT2D eigenvalue weighted by Gasteiger charge is -1.98. The van der Waals surface area contributed by atoms with Crippen molar-refractivity contribution in [1.29, 1.82) is 0 Å². The fraction of sp³-hybridized carbons (Fsp3) is 0. The molecule has 0 radical (unpaired) electrons. The summed E-state index contributed by atoms with van der Waals surface area (Å²) >= 11 is 4.35. The maximum Gasteiger partial charge on any atom is 0.339 e. The minimum absolute atomic E-state index is 0.164. The second kappa shape index (κ2) is 3.80. The van der Waals surface area contributed by atoms with Gasteiger partial charge in [0.15, 0.2) is 0 Å². The standard InChI is InChI=1S/C8H5NO3S/c10-7-3-5(9-4-13)1-2-6(7)8(11)12/h1-3,10H,(H,11,12). The van der Waals surface area contributed by atoms with Gasteiger partial charge in [-0.05, 0) is 24.4 Å². The molecule has 4 nitrogen and oxygen atoms in total. The molecular weight excluding hydrogens is 190 g/mol. The van der Waals surface area contributed by atoms with Gasteiger partial charge in [0.25, 0.3) is 0 Å². The maximum absolute atomic E-state index is 10.5. The van der Waals surface area contributed by atoms with Gasteiger partial charge < -0.3 is 10.2 Å². The van der Waals surface area contributed by atoms with Crippen LogP contribution in [-0.2, 0) is 0 Å². The number of hydrogen-bond acceptors (Lipinski definition) is 4. The summed E-state index contributed by atoms with van der Waals surface area (Å²) in [7, 11) is 0. The average Bonchev–Trinajstić information content (AvgIpc) is 2.04. The van der Waals surface area contributed by atoms with Gasteiger partial charge in [-0.15, -0.1) is 0 Å². The van der Waals surface area contributed by atoms with Gasteiger partial charge in [-0.1, -0.05) is 0 Å². The second-order valence-electron chi connectivity index (χ2n) is 2.21. The topological polar surface area (TPSA) is 69.9 Å². The van der Waals surface area contributed by atoms with Crippen molar-refractivity contribution in [3.63, 3.8) is 0 Å². The van der Waals surface area contributed by atoms with Crippen LogP contribution in [0.1, 0.15) is 10.4 Å². The third-order valence-electron chi connectivity index (χ3n) is 1.39. The van der Waals surface area contributed by atoms with Gasteiger partial charge in [0.1, 0.15) is 11.3 Å². The second-order valence-corrected chi connectivity index (χ2v) is 2.39. The van der Waals surface area contributed by atoms with E-state index in [1.165, 1.54) is 18.2 Å². The number of carboxylic acids is 1. The van der Waals surface area contributed by atoms with Crippen LogP contribution in [0.25, 0.3) is 0 Å². The molecule has 0 atom stereocenters. The Morgan fingerprint density at radius 3 is 2.69 bits per heavy atom. The summed E-state index contributed by atoms with van der Waals surface area (Å²) in [4.78, 5) is 14.0. The smallest absolute Gasteiger partial charge is 0.339 e. The molecule has 2 N–H and O–H groups in total. The van der Waals surface area contributed by atoms with Crippen molar-refractivity contribution in [2.75, 3.05) is 0 Å². The minimum atomic E-state index is -1.18. The Bertz CT molecular complexity index is 396. The van der Waals surface area contributed by atoms with Crippen LogP contribution in [0.4, 0.5) is 5.69 Å². The van der Waals surface area contributed by atoms with E-state index in [0.717, 1.165) is 0 Å². The van der Waals surface area contributed by atoms with Crippen LogP contribution in [0.5, 0.6) is 5.75 Å². The summed E-state index contributed by atoms with van der Waals surface area (Å²) in [6.07, 6.45) is 0. The van der Waals surface area contributed by atoms with E-state index in [-0.39, 0.29) is 11.3 Å². The lowest BCUT2D eigenvalue weighted by Crippen LogP contribution is -1.95. The molecule has 0 aliphatic heterocycles. The molecule has 0 aromatic heterocycles. The van der Waals surface area contributed by atoms with Gasteiger partial charge in [0.05, 0.1) is 10.8 Å². The van der Waals surface area contributed by atoms with Crippen molar-refractivity contribution in [2.45, 2.75) is 0 Å². The molecule has 1 aromatic carbocycles. The number of isothiocyanates is 1. The fourth-order valence-corrected chi connectivity index (χ4v) is 0.929. The van der Waals surface area contributed by atoms with Gasteiger partial charge in [-0.3, -0.25) is 0 Å². The Balaban J connectivity index is 3.19. The number of carboxylic acid groups (broad SMARTS) is 1. The highest BCUT2D eigenvalue weighted by atomic mass is 32.1. The van der Waals surface area contributed by atoms with Crippen LogP contribution in [0, 0.1) is 0 Å². The highest BCUT2D eigenvalue weighted by Crippen LogP contribution is 2.23. The molecule has 1 aromatic rings. The number of rotatable bonds is 2. The van der Waals surface area contributed by atoms with Crippen molar-refractivity contribution in [3.8, 4) is 5.75 Å². The van der Waals surface area contributed by atoms with Crippen molar-refractivity contribution in [1.82, 2.24) is 0 Å². The van der Waals surface area contributed by atoms with E-state index in [4.69, 9.17) is 5.11 Å². The number of aliphatic imine (C=N–C) groups is 1. The first-order valence-electron chi connectivity index (χ1n) is 3.29. The monoisotopic (exact) mass is 195 g/mol. The minimum Gasteiger partial charge on any atom is -0.507 e. The summed E-state index contributed by atoms with van der Waals surface area (Å²) in [6.45, 7) is 0. The van der Waals surface area contributed by atoms with Gasteiger partial charge >= 0.3 is 5.97 Å². The lowest BCUT2D eigenvalue weighted by atomic mass is 10.2. The zero-order valence-electron chi connectivity index (χ0n) is 6.39. The normalized spacial score (nSPS) is 8.92. The molecule has 13 heavy (non-hydrogen) atoms. The van der Waals surface area contributed by atoms with E-state index < -0.39 is 5.97 Å². The molecule has 0 bridgehead atoms. The molecule has 1 rings (SSSR count). The molecule has 0 heterocycles. The summed E-state index contributed by atoms with van der Waals surface area (Å²) in [5.41, 5.74) is 0.209. The summed E-state index contributed by atoms with van der Waals surface area (Å²) in [5.74, 6) is -1.52. The van der Waals surface area contributed by atoms with Crippen LogP contribution in [0.2, 0.25) is 0 Å². The van der Waals surface area contributed by atoms with Crippen LogP contribution in [0.3, 0.4) is 0 Å². The van der Waals surface area contributed by atoms with E-state index in [1.807, 2.05) is 0 Å². The quantitative estimate of drug-likeness (QED) is 0.557. The van der Waals surface area contributed by atoms with Crippen LogP contribution in [0.15, 0.2) is 23.2 Å². The first kappa shape index (κ1) is 9.38. The Morgan fingerprint density at radius 2 is 2.23 bits per heavy atom. The number of nitrogens with zero attached hydrogens (tertiary/aromatic N) is 1. The molecular formula is C8H5NO3S. The third kappa shape index (κ3) is 2.11. The molecule has 0 amide bonds. The van der Waals surface area contributed by atoms with Crippen molar-refractivity contribution >= 4 is 29.0 Å². The number of phenols is 1. The zero-order valence-corrected chi connectivity index (χ0v) is 7.21. The van der Waals surface area contributed by atoms with Crippen LogP contribution >= 0.6 is 12.2 Å². The Kier molecular flexibility index (Phi) is 2.74. The number of benzene rings is 1. The molecule has 0 fully saturated rings. The summed E-state index contributed by atoms with van der Waals surface area (Å²) in [6, 6.07) is 3.90. The van der Waals surface area contributed by atoms with Gasteiger partial charge in [-0.25, -0.2) is 4.79 Å². The first-order valence-corrected chi connectivity index (χ1v) is 3.70. The molecule has 66 valence electrons. The molecule has 0 saturated heterocycles. The Labute approximate surface area is 79.2 Å². The summed E-state index contributed by atoms with van der Waals surface area (Å²) in [5, 5.41) is 19.9. The number of hydrogen-bond donors (Lipinski definition) is 2. The highest BCUT2D eigenvalue weighted by Gasteiger charge is 2.08. The molecule has 0 unspecified atom stereocenters. The number of carbonyl (C=O) groups is 1. The average molecular weight is 195 g/mol. The number of aromatic carboxylic acids is 1. The first-order chi connectivity index (χ1) is 6.15. The van der Waals surface area contributed by atoms with Gasteiger partial charge in [0, 0.05) is 6.07 Å². The predicted octanol–water partition coefficient (Wildman–Crippen LogP) is 1.82. The van der Waals surface area contributed by atoms with Crippen molar-refractivity contribution in [3.05, 3.63) is 23.8 Å². The fourth-order valence-electron chi connectivity index (χ4n) is 0.823. The van der Waals surface area contributed by atoms with E-state index in [0.29, 0.717) is 5.69 Å². The SMILES string of the molecule is O=C(O)c1ccc(N=C=S)cc1O. The van der Waals surface area contributed by atoms with Gasteiger partial charge in [0.2, 0.25) is 0 Å². The van der Waals surface area contributed by atoms with Crippen LogP contribution in [-0.4, -0.2) is 21.3 Å². The van der Waals surface area contributed by atoms with Crippen molar-refractivity contribution in [2.24, 2.45) is 4.99 Å². The zero-order chi connectivity index (χ0) is 9.84. The molecule has 5 heteroatoms. The molecule has 0 spiro atoms. The van der Waals surface area contributed by atoms with Crippen molar-refractivity contribution < 1.29 is 15.0 Å². The van der Waals surface area contributed by atoms with Gasteiger partial charge in [-0.2, -0.15) is 4.99 Å². The largest absolute Gasteiger partial charge is 0.507 e. The number of thiocarbonyl (C=S) groups is 1. The third-order valence-corrected chi connectivity index (χ3v) is 1.48. The lowest BCUT2D eigenvalue weighted by molar-refractivity contribution is 0.0694. The predicted molar refractivity (Wildman–Crippen MR) is 49.8 cm³/mol. The molecule has 0 aliphatic rings. The molecule has 0 saturated carbocycles. The van der Waals surface area contributed by atoms with E-state index in [2.05, 4.69) is 22.4 Å². The Morgan fingerprint density at radius 1 is 1.54 bits per heavy atom. The molecule has 0 aliphatic carbocycles. The van der Waals surface area contributed by atoms with E-state index >= 15 is 0 Å². The van der Waals surface area contributed by atoms with E-state index in [9.17, 15) is 9.90 Å². The maximum atomic E-state index is 10.5. The highest BCUT2D eigenvalue weighted by molar-refractivity contribution is 7.78.